The zero-order valence-corrected chi connectivity index (χ0v) is 12.8. The summed E-state index contributed by atoms with van der Waals surface area (Å²) >= 11 is 0. The van der Waals surface area contributed by atoms with Gasteiger partial charge in [0.1, 0.15) is 0 Å². The maximum atomic E-state index is 4.28. The van der Waals surface area contributed by atoms with Gasteiger partial charge in [-0.3, -0.25) is 0 Å². The number of rotatable bonds is 8. The van der Waals surface area contributed by atoms with E-state index in [0.717, 1.165) is 31.5 Å². The molecule has 2 rings (SSSR count). The predicted octanol–water partition coefficient (Wildman–Crippen LogP) is 3.02. The molecule has 0 aliphatic rings. The lowest BCUT2D eigenvalue weighted by atomic mass is 10.1. The second-order valence-electron chi connectivity index (χ2n) is 5.25. The van der Waals surface area contributed by atoms with Crippen molar-refractivity contribution in [2.45, 2.75) is 39.3 Å². The number of aromatic nitrogens is 2. The van der Waals surface area contributed by atoms with Crippen molar-refractivity contribution < 1.29 is 0 Å². The fraction of sp³-hybridized carbons (Fsp3) is 0.412. The lowest BCUT2D eigenvalue weighted by Crippen LogP contribution is -2.26. The van der Waals surface area contributed by atoms with Crippen LogP contribution in [0.4, 0.5) is 5.95 Å². The molecule has 0 amide bonds. The van der Waals surface area contributed by atoms with E-state index < -0.39 is 0 Å². The maximum absolute atomic E-state index is 4.28. The second kappa shape index (κ2) is 8.37. The molecule has 0 saturated heterocycles. The van der Waals surface area contributed by atoms with Crippen LogP contribution in [0, 0.1) is 0 Å². The minimum atomic E-state index is 0.471. The van der Waals surface area contributed by atoms with Crippen molar-refractivity contribution in [2.24, 2.45) is 0 Å². The van der Waals surface area contributed by atoms with E-state index >= 15 is 0 Å². The molecule has 4 heteroatoms. The van der Waals surface area contributed by atoms with Gasteiger partial charge in [0.2, 0.25) is 5.95 Å². The minimum absolute atomic E-state index is 0.471. The summed E-state index contributed by atoms with van der Waals surface area (Å²) in [5.74, 6) is 0.693. The van der Waals surface area contributed by atoms with E-state index in [1.807, 2.05) is 19.3 Å². The summed E-state index contributed by atoms with van der Waals surface area (Å²) in [6.45, 7) is 5.90. The quantitative estimate of drug-likeness (QED) is 0.782. The molecule has 1 aromatic carbocycles. The Morgan fingerprint density at radius 2 is 1.76 bits per heavy atom. The van der Waals surface area contributed by atoms with Gasteiger partial charge < -0.3 is 10.6 Å². The third-order valence-electron chi connectivity index (χ3n) is 3.40. The van der Waals surface area contributed by atoms with Crippen LogP contribution in [-0.2, 0) is 13.0 Å². The standard InChI is InChI=1S/C17H24N4/c1-3-18-17-20-12-16(13-21-17)11-19-14(2)9-10-15-7-5-4-6-8-15/h4-8,12-14,19H,3,9-11H2,1-2H3,(H,18,20,21)/t14-/m0/s1. The fourth-order valence-corrected chi connectivity index (χ4v) is 2.12. The van der Waals surface area contributed by atoms with Crippen molar-refractivity contribution in [1.82, 2.24) is 15.3 Å². The van der Waals surface area contributed by atoms with Gasteiger partial charge in [0, 0.05) is 37.1 Å². The van der Waals surface area contributed by atoms with Gasteiger partial charge in [-0.05, 0) is 32.3 Å². The van der Waals surface area contributed by atoms with Crippen LogP contribution in [0.25, 0.3) is 0 Å². The Kier molecular flexibility index (Phi) is 6.16. The largest absolute Gasteiger partial charge is 0.355 e. The van der Waals surface area contributed by atoms with E-state index in [-0.39, 0.29) is 0 Å². The molecular formula is C17H24N4. The first-order chi connectivity index (χ1) is 10.3. The molecule has 1 atom stereocenters. The van der Waals surface area contributed by atoms with E-state index in [1.165, 1.54) is 5.56 Å². The molecule has 1 aromatic heterocycles. The second-order valence-corrected chi connectivity index (χ2v) is 5.25. The summed E-state index contributed by atoms with van der Waals surface area (Å²) in [5, 5.41) is 6.62. The van der Waals surface area contributed by atoms with E-state index in [2.05, 4.69) is 57.9 Å². The smallest absolute Gasteiger partial charge is 0.222 e. The number of aryl methyl sites for hydroxylation is 1. The Bertz CT molecular complexity index is 510. The normalized spacial score (nSPS) is 12.1. The monoisotopic (exact) mass is 284 g/mol. The molecular weight excluding hydrogens is 260 g/mol. The van der Waals surface area contributed by atoms with Crippen molar-refractivity contribution in [2.75, 3.05) is 11.9 Å². The first-order valence-corrected chi connectivity index (χ1v) is 7.60. The number of benzene rings is 1. The van der Waals surface area contributed by atoms with E-state index in [0.29, 0.717) is 12.0 Å². The Balaban J connectivity index is 1.72. The highest BCUT2D eigenvalue weighted by Gasteiger charge is 2.03. The van der Waals surface area contributed by atoms with Crippen LogP contribution in [0.3, 0.4) is 0 Å². The van der Waals surface area contributed by atoms with Crippen LogP contribution in [0.15, 0.2) is 42.7 Å². The number of hydrogen-bond acceptors (Lipinski definition) is 4. The van der Waals surface area contributed by atoms with Crippen molar-refractivity contribution in [3.63, 3.8) is 0 Å². The summed E-state index contributed by atoms with van der Waals surface area (Å²) in [4.78, 5) is 8.56. The van der Waals surface area contributed by atoms with Gasteiger partial charge in [0.25, 0.3) is 0 Å². The predicted molar refractivity (Wildman–Crippen MR) is 87.3 cm³/mol. The average Bonchev–Trinajstić information content (AvgIpc) is 2.53. The molecule has 0 spiro atoms. The zero-order valence-electron chi connectivity index (χ0n) is 12.8. The highest BCUT2D eigenvalue weighted by Crippen LogP contribution is 2.06. The summed E-state index contributed by atoms with van der Waals surface area (Å²) < 4.78 is 0. The molecule has 2 N–H and O–H groups in total. The van der Waals surface area contributed by atoms with Crippen molar-refractivity contribution >= 4 is 5.95 Å². The average molecular weight is 284 g/mol. The van der Waals surface area contributed by atoms with Gasteiger partial charge >= 0.3 is 0 Å². The Morgan fingerprint density at radius 1 is 1.05 bits per heavy atom. The van der Waals surface area contributed by atoms with Gasteiger partial charge in [-0.1, -0.05) is 30.3 Å². The Hall–Kier alpha value is -1.94. The number of anilines is 1. The molecule has 0 radical (unpaired) electrons. The molecule has 0 fully saturated rings. The molecule has 4 nitrogen and oxygen atoms in total. The van der Waals surface area contributed by atoms with Crippen molar-refractivity contribution in [3.05, 3.63) is 53.9 Å². The first-order valence-electron chi connectivity index (χ1n) is 7.60. The van der Waals surface area contributed by atoms with E-state index in [9.17, 15) is 0 Å². The first kappa shape index (κ1) is 15.4. The topological polar surface area (TPSA) is 49.8 Å². The third kappa shape index (κ3) is 5.52. The Labute approximate surface area is 127 Å². The van der Waals surface area contributed by atoms with E-state index in [1.54, 1.807) is 0 Å². The van der Waals surface area contributed by atoms with Crippen LogP contribution < -0.4 is 10.6 Å². The summed E-state index contributed by atoms with van der Waals surface area (Å²) in [5.41, 5.74) is 2.51. The minimum Gasteiger partial charge on any atom is -0.355 e. The van der Waals surface area contributed by atoms with Crippen LogP contribution in [0.2, 0.25) is 0 Å². The SMILES string of the molecule is CCNc1ncc(CN[C@@H](C)CCc2ccccc2)cn1. The van der Waals surface area contributed by atoms with Gasteiger partial charge in [0.05, 0.1) is 0 Å². The number of hydrogen-bond donors (Lipinski definition) is 2. The molecule has 2 aromatic rings. The molecule has 0 unspecified atom stereocenters. The van der Waals surface area contributed by atoms with Crippen LogP contribution in [-0.4, -0.2) is 22.6 Å². The molecule has 0 aliphatic heterocycles. The van der Waals surface area contributed by atoms with Gasteiger partial charge in [-0.25, -0.2) is 9.97 Å². The maximum Gasteiger partial charge on any atom is 0.222 e. The molecule has 112 valence electrons. The molecule has 21 heavy (non-hydrogen) atoms. The van der Waals surface area contributed by atoms with Crippen molar-refractivity contribution in [1.29, 1.82) is 0 Å². The highest BCUT2D eigenvalue weighted by molar-refractivity contribution is 5.24. The zero-order chi connectivity index (χ0) is 14.9. The lowest BCUT2D eigenvalue weighted by molar-refractivity contribution is 0.513. The summed E-state index contributed by atoms with van der Waals surface area (Å²) in [7, 11) is 0. The summed E-state index contributed by atoms with van der Waals surface area (Å²) in [6, 6.07) is 11.1. The lowest BCUT2D eigenvalue weighted by Gasteiger charge is -2.13. The Morgan fingerprint density at radius 3 is 2.43 bits per heavy atom. The van der Waals surface area contributed by atoms with Crippen LogP contribution >= 0.6 is 0 Å². The van der Waals surface area contributed by atoms with Gasteiger partial charge in [-0.2, -0.15) is 0 Å². The third-order valence-corrected chi connectivity index (χ3v) is 3.40. The van der Waals surface area contributed by atoms with E-state index in [4.69, 9.17) is 0 Å². The van der Waals surface area contributed by atoms with Crippen molar-refractivity contribution in [3.8, 4) is 0 Å². The van der Waals surface area contributed by atoms with Gasteiger partial charge in [0.15, 0.2) is 0 Å². The van der Waals surface area contributed by atoms with Crippen LogP contribution in [0.5, 0.6) is 0 Å². The molecule has 0 saturated carbocycles. The fourth-order valence-electron chi connectivity index (χ4n) is 2.12. The summed E-state index contributed by atoms with van der Waals surface area (Å²) in [6.07, 6.45) is 5.98. The number of nitrogens with one attached hydrogen (secondary N) is 2. The molecule has 0 aliphatic carbocycles. The molecule has 0 bridgehead atoms. The van der Waals surface area contributed by atoms with Crippen LogP contribution in [0.1, 0.15) is 31.4 Å². The number of nitrogens with zero attached hydrogens (tertiary/aromatic N) is 2. The highest BCUT2D eigenvalue weighted by atomic mass is 15.1. The molecule has 1 heterocycles. The van der Waals surface area contributed by atoms with Gasteiger partial charge in [-0.15, -0.1) is 0 Å².